The molecule has 0 aliphatic heterocycles. The molecule has 0 radical (unpaired) electrons. The molecule has 1 aromatic carbocycles. The number of non-ortho nitro benzene ring substituents is 1. The van der Waals surface area contributed by atoms with Crippen LogP contribution in [0.5, 0.6) is 0 Å². The predicted molar refractivity (Wildman–Crippen MR) is 72.5 cm³/mol. The van der Waals surface area contributed by atoms with E-state index in [1.165, 1.54) is 0 Å². The van der Waals surface area contributed by atoms with Gasteiger partial charge >= 0.3 is 0 Å². The summed E-state index contributed by atoms with van der Waals surface area (Å²) in [6.45, 7) is 4.04. The van der Waals surface area contributed by atoms with Crippen molar-refractivity contribution in [2.24, 2.45) is 5.73 Å². The topological polar surface area (TPSA) is 69.2 Å². The van der Waals surface area contributed by atoms with Gasteiger partial charge in [0.25, 0.3) is 5.69 Å². The average molecular weight is 334 g/mol. The highest BCUT2D eigenvalue weighted by Gasteiger charge is 2.18. The molecule has 2 unspecified atom stereocenters. The molecule has 0 saturated heterocycles. The third kappa shape index (κ3) is 2.91. The van der Waals surface area contributed by atoms with Crippen LogP contribution in [0.2, 0.25) is 0 Å². The van der Waals surface area contributed by atoms with Gasteiger partial charge in [0.2, 0.25) is 0 Å². The second-order valence-corrected chi connectivity index (χ2v) is 5.00. The standard InChI is InChI=1S/C11H15IN2O2/c1-3-9(7(2)13)10-5-4-8(14(15)16)6-11(10)12/h4-7,9H,3,13H2,1-2H3. The molecule has 0 bridgehead atoms. The highest BCUT2D eigenvalue weighted by molar-refractivity contribution is 14.1. The van der Waals surface area contributed by atoms with Crippen molar-refractivity contribution >= 4 is 28.3 Å². The van der Waals surface area contributed by atoms with E-state index in [4.69, 9.17) is 5.73 Å². The van der Waals surface area contributed by atoms with Gasteiger partial charge in [-0.1, -0.05) is 13.0 Å². The van der Waals surface area contributed by atoms with Crippen LogP contribution >= 0.6 is 22.6 Å². The summed E-state index contributed by atoms with van der Waals surface area (Å²) < 4.78 is 0.913. The molecule has 5 heteroatoms. The zero-order chi connectivity index (χ0) is 12.3. The Morgan fingerprint density at radius 1 is 1.56 bits per heavy atom. The van der Waals surface area contributed by atoms with Gasteiger partial charge in [-0.25, -0.2) is 0 Å². The van der Waals surface area contributed by atoms with Crippen molar-refractivity contribution in [1.29, 1.82) is 0 Å². The van der Waals surface area contributed by atoms with Gasteiger partial charge in [0.05, 0.1) is 4.92 Å². The van der Waals surface area contributed by atoms with Gasteiger partial charge < -0.3 is 5.73 Å². The Kier molecular flexibility index (Phi) is 4.67. The number of nitrogens with zero attached hydrogens (tertiary/aromatic N) is 1. The van der Waals surface area contributed by atoms with Gasteiger partial charge in [0, 0.05) is 21.7 Å². The summed E-state index contributed by atoms with van der Waals surface area (Å²) in [7, 11) is 0. The fourth-order valence-electron chi connectivity index (χ4n) is 1.81. The van der Waals surface area contributed by atoms with Crippen molar-refractivity contribution in [2.45, 2.75) is 32.2 Å². The maximum atomic E-state index is 10.6. The van der Waals surface area contributed by atoms with Crippen LogP contribution in [0, 0.1) is 13.7 Å². The molecular weight excluding hydrogens is 319 g/mol. The molecule has 0 aliphatic rings. The Hall–Kier alpha value is -0.690. The minimum atomic E-state index is -0.376. The third-order valence-electron chi connectivity index (χ3n) is 2.67. The van der Waals surface area contributed by atoms with E-state index >= 15 is 0 Å². The molecule has 1 aromatic rings. The van der Waals surface area contributed by atoms with E-state index in [-0.39, 0.29) is 22.6 Å². The maximum absolute atomic E-state index is 10.6. The van der Waals surface area contributed by atoms with E-state index in [1.54, 1.807) is 12.1 Å². The Bertz CT molecular complexity index is 394. The summed E-state index contributed by atoms with van der Waals surface area (Å²) in [6, 6.07) is 5.01. The Morgan fingerprint density at radius 3 is 2.56 bits per heavy atom. The summed E-state index contributed by atoms with van der Waals surface area (Å²) in [5.41, 5.74) is 7.14. The zero-order valence-corrected chi connectivity index (χ0v) is 11.5. The summed E-state index contributed by atoms with van der Waals surface area (Å²) in [4.78, 5) is 10.2. The van der Waals surface area contributed by atoms with E-state index < -0.39 is 0 Å². The Balaban J connectivity index is 3.11. The van der Waals surface area contributed by atoms with Crippen LogP contribution in [-0.2, 0) is 0 Å². The quantitative estimate of drug-likeness (QED) is 0.523. The molecule has 88 valence electrons. The van der Waals surface area contributed by atoms with Crippen molar-refractivity contribution in [3.8, 4) is 0 Å². The lowest BCUT2D eigenvalue weighted by Gasteiger charge is -2.20. The number of hydrogen-bond donors (Lipinski definition) is 1. The minimum absolute atomic E-state index is 0.0555. The average Bonchev–Trinajstić information content (AvgIpc) is 2.20. The predicted octanol–water partition coefficient (Wildman–Crippen LogP) is 3.04. The summed E-state index contributed by atoms with van der Waals surface area (Å²) in [6.07, 6.45) is 0.936. The van der Waals surface area contributed by atoms with Crippen LogP contribution in [0.3, 0.4) is 0 Å². The van der Waals surface area contributed by atoms with Crippen molar-refractivity contribution in [1.82, 2.24) is 0 Å². The second kappa shape index (κ2) is 5.58. The number of rotatable bonds is 4. The lowest BCUT2D eigenvalue weighted by molar-refractivity contribution is -0.385. The molecule has 0 amide bonds. The summed E-state index contributed by atoms with van der Waals surface area (Å²) in [5, 5.41) is 10.6. The number of hydrogen-bond acceptors (Lipinski definition) is 3. The van der Waals surface area contributed by atoms with E-state index in [0.717, 1.165) is 15.6 Å². The number of nitrogens with two attached hydrogens (primary N) is 1. The molecule has 1 rings (SSSR count). The van der Waals surface area contributed by atoms with E-state index in [1.807, 2.05) is 13.0 Å². The first kappa shape index (κ1) is 13.4. The van der Waals surface area contributed by atoms with Crippen LogP contribution in [0.15, 0.2) is 18.2 Å². The molecule has 2 atom stereocenters. The molecule has 0 spiro atoms. The van der Waals surface area contributed by atoms with Crippen molar-refractivity contribution < 1.29 is 4.92 Å². The number of benzene rings is 1. The fourth-order valence-corrected chi connectivity index (χ4v) is 2.70. The smallest absolute Gasteiger partial charge is 0.270 e. The minimum Gasteiger partial charge on any atom is -0.327 e. The van der Waals surface area contributed by atoms with Gasteiger partial charge in [-0.05, 0) is 47.4 Å². The first-order valence-corrected chi connectivity index (χ1v) is 6.24. The molecule has 4 nitrogen and oxygen atoms in total. The van der Waals surface area contributed by atoms with Gasteiger partial charge in [-0.2, -0.15) is 0 Å². The lowest BCUT2D eigenvalue weighted by atomic mass is 9.90. The van der Waals surface area contributed by atoms with Crippen LogP contribution in [0.25, 0.3) is 0 Å². The molecule has 0 aromatic heterocycles. The molecule has 2 N–H and O–H groups in total. The Labute approximate surface area is 109 Å². The SMILES string of the molecule is CCC(c1ccc([N+](=O)[O-])cc1I)C(C)N. The van der Waals surface area contributed by atoms with Crippen molar-refractivity contribution in [3.63, 3.8) is 0 Å². The Morgan fingerprint density at radius 2 is 2.19 bits per heavy atom. The van der Waals surface area contributed by atoms with Crippen LogP contribution in [0.1, 0.15) is 31.7 Å². The van der Waals surface area contributed by atoms with E-state index in [0.29, 0.717) is 0 Å². The first-order chi connectivity index (χ1) is 7.47. The summed E-state index contributed by atoms with van der Waals surface area (Å²) in [5.74, 6) is 0.257. The molecular formula is C11H15IN2O2. The van der Waals surface area contributed by atoms with Crippen molar-refractivity contribution in [2.75, 3.05) is 0 Å². The largest absolute Gasteiger partial charge is 0.327 e. The van der Waals surface area contributed by atoms with E-state index in [2.05, 4.69) is 29.5 Å². The molecule has 0 aliphatic carbocycles. The van der Waals surface area contributed by atoms with Gasteiger partial charge in [-0.3, -0.25) is 10.1 Å². The second-order valence-electron chi connectivity index (χ2n) is 3.84. The zero-order valence-electron chi connectivity index (χ0n) is 9.31. The first-order valence-electron chi connectivity index (χ1n) is 5.16. The highest BCUT2D eigenvalue weighted by Crippen LogP contribution is 2.29. The third-order valence-corrected chi connectivity index (χ3v) is 3.60. The van der Waals surface area contributed by atoms with Gasteiger partial charge in [0.15, 0.2) is 0 Å². The molecule has 0 saturated carbocycles. The van der Waals surface area contributed by atoms with E-state index in [9.17, 15) is 10.1 Å². The number of nitro groups is 1. The molecule has 0 heterocycles. The van der Waals surface area contributed by atoms with Crippen molar-refractivity contribution in [3.05, 3.63) is 37.4 Å². The maximum Gasteiger partial charge on any atom is 0.270 e. The van der Waals surface area contributed by atoms with Gasteiger partial charge in [0.1, 0.15) is 0 Å². The lowest BCUT2D eigenvalue weighted by Crippen LogP contribution is -2.24. The van der Waals surface area contributed by atoms with Gasteiger partial charge in [-0.15, -0.1) is 0 Å². The fraction of sp³-hybridized carbons (Fsp3) is 0.455. The molecule has 16 heavy (non-hydrogen) atoms. The van der Waals surface area contributed by atoms with Crippen LogP contribution < -0.4 is 5.73 Å². The summed E-state index contributed by atoms with van der Waals surface area (Å²) >= 11 is 2.13. The number of halogens is 1. The van der Waals surface area contributed by atoms with Crippen LogP contribution in [-0.4, -0.2) is 11.0 Å². The molecule has 0 fully saturated rings. The number of nitro benzene ring substituents is 1. The highest BCUT2D eigenvalue weighted by atomic mass is 127. The monoisotopic (exact) mass is 334 g/mol. The van der Waals surface area contributed by atoms with Crippen LogP contribution in [0.4, 0.5) is 5.69 Å². The normalized spacial score (nSPS) is 14.5.